The normalized spacial score (nSPS) is 10.6. The summed E-state index contributed by atoms with van der Waals surface area (Å²) in [6.45, 7) is 2.05. The summed E-state index contributed by atoms with van der Waals surface area (Å²) in [7, 11) is 1.30. The first-order valence-corrected chi connectivity index (χ1v) is 7.87. The molecule has 0 aliphatic heterocycles. The van der Waals surface area contributed by atoms with Gasteiger partial charge in [-0.05, 0) is 30.2 Å². The molecule has 6 heteroatoms. The van der Waals surface area contributed by atoms with Crippen LogP contribution in [-0.4, -0.2) is 37.0 Å². The highest BCUT2D eigenvalue weighted by Crippen LogP contribution is 2.13. The van der Waals surface area contributed by atoms with E-state index >= 15 is 0 Å². The Bertz CT molecular complexity index is 735. The van der Waals surface area contributed by atoms with Gasteiger partial charge in [0.05, 0.1) is 20.2 Å². The van der Waals surface area contributed by atoms with Crippen molar-refractivity contribution in [3.63, 3.8) is 0 Å². The lowest BCUT2D eigenvalue weighted by molar-refractivity contribution is -0.142. The topological polar surface area (TPSA) is 58.6 Å². The number of esters is 1. The highest BCUT2D eigenvalue weighted by Gasteiger charge is 2.16. The fourth-order valence-corrected chi connectivity index (χ4v) is 2.33. The molecule has 0 saturated heterocycles. The number of rotatable bonds is 7. The molecule has 0 aliphatic rings. The van der Waals surface area contributed by atoms with E-state index < -0.39 is 5.97 Å². The van der Waals surface area contributed by atoms with E-state index in [9.17, 15) is 14.0 Å². The number of amides is 1. The predicted molar refractivity (Wildman–Crippen MR) is 93.5 cm³/mol. The Morgan fingerprint density at radius 2 is 1.84 bits per heavy atom. The van der Waals surface area contributed by atoms with E-state index in [0.717, 1.165) is 5.56 Å². The summed E-state index contributed by atoms with van der Waals surface area (Å²) in [5.74, 6) is -1.14. The largest absolute Gasteiger partial charge is 0.468 e. The molecule has 0 radical (unpaired) electrons. The van der Waals surface area contributed by atoms with E-state index in [1.54, 1.807) is 24.0 Å². The summed E-state index contributed by atoms with van der Waals surface area (Å²) in [5, 5.41) is 2.64. The summed E-state index contributed by atoms with van der Waals surface area (Å²) in [6.07, 6.45) is 0. The van der Waals surface area contributed by atoms with Crippen LogP contribution in [0.3, 0.4) is 0 Å². The van der Waals surface area contributed by atoms with Crippen LogP contribution in [0.4, 0.5) is 10.1 Å². The van der Waals surface area contributed by atoms with Gasteiger partial charge in [0.1, 0.15) is 5.82 Å². The van der Waals surface area contributed by atoms with Crippen molar-refractivity contribution in [3.05, 3.63) is 65.5 Å². The number of hydrogen-bond acceptors (Lipinski definition) is 4. The molecule has 0 bridgehead atoms. The van der Waals surface area contributed by atoms with Crippen LogP contribution in [0.15, 0.2) is 48.5 Å². The minimum Gasteiger partial charge on any atom is -0.468 e. The molecule has 0 saturated carbocycles. The van der Waals surface area contributed by atoms with Gasteiger partial charge in [0.2, 0.25) is 5.91 Å². The molecule has 0 unspecified atom stereocenters. The number of benzene rings is 2. The lowest BCUT2D eigenvalue weighted by Crippen LogP contribution is -2.37. The van der Waals surface area contributed by atoms with Crippen LogP contribution in [0, 0.1) is 12.7 Å². The smallest absolute Gasteiger partial charge is 0.319 e. The Morgan fingerprint density at radius 3 is 2.48 bits per heavy atom. The fraction of sp³-hybridized carbons (Fsp3) is 0.263. The molecule has 25 heavy (non-hydrogen) atoms. The second kappa shape index (κ2) is 8.94. The van der Waals surface area contributed by atoms with Gasteiger partial charge in [-0.1, -0.05) is 36.4 Å². The number of methoxy groups -OCH3 is 1. The van der Waals surface area contributed by atoms with Crippen molar-refractivity contribution >= 4 is 17.6 Å². The molecule has 1 amide bonds. The van der Waals surface area contributed by atoms with Gasteiger partial charge in [-0.25, -0.2) is 4.39 Å². The Kier molecular flexibility index (Phi) is 6.65. The summed E-state index contributed by atoms with van der Waals surface area (Å²) >= 11 is 0. The van der Waals surface area contributed by atoms with Crippen LogP contribution < -0.4 is 5.32 Å². The predicted octanol–water partition coefficient (Wildman–Crippen LogP) is 2.75. The van der Waals surface area contributed by atoms with E-state index in [-0.39, 0.29) is 24.8 Å². The Morgan fingerprint density at radius 1 is 1.12 bits per heavy atom. The van der Waals surface area contributed by atoms with Crippen molar-refractivity contribution in [1.29, 1.82) is 0 Å². The zero-order valence-electron chi connectivity index (χ0n) is 14.3. The van der Waals surface area contributed by atoms with Gasteiger partial charge in [-0.3, -0.25) is 14.5 Å². The number of hydrogen-bond donors (Lipinski definition) is 1. The summed E-state index contributed by atoms with van der Waals surface area (Å²) in [6, 6.07) is 14.0. The average Bonchev–Trinajstić information content (AvgIpc) is 2.58. The van der Waals surface area contributed by atoms with Gasteiger partial charge in [-0.2, -0.15) is 0 Å². The van der Waals surface area contributed by atoms with Crippen LogP contribution >= 0.6 is 0 Å². The Balaban J connectivity index is 2.02. The number of nitrogens with one attached hydrogen (secondary N) is 1. The number of carbonyl (C=O) groups excluding carboxylic acids is 2. The van der Waals surface area contributed by atoms with Crippen molar-refractivity contribution in [2.45, 2.75) is 13.5 Å². The molecule has 0 heterocycles. The number of anilines is 1. The van der Waals surface area contributed by atoms with Crippen LogP contribution in [0.5, 0.6) is 0 Å². The number of ether oxygens (including phenoxy) is 1. The van der Waals surface area contributed by atoms with Crippen molar-refractivity contribution in [1.82, 2.24) is 4.90 Å². The van der Waals surface area contributed by atoms with Gasteiger partial charge in [0, 0.05) is 12.2 Å². The van der Waals surface area contributed by atoms with Crippen molar-refractivity contribution in [2.75, 3.05) is 25.5 Å². The summed E-state index contributed by atoms with van der Waals surface area (Å²) in [5.41, 5.74) is 1.86. The molecule has 2 aromatic carbocycles. The highest BCUT2D eigenvalue weighted by atomic mass is 19.1. The van der Waals surface area contributed by atoms with Crippen molar-refractivity contribution in [2.24, 2.45) is 0 Å². The molecule has 1 N–H and O–H groups in total. The summed E-state index contributed by atoms with van der Waals surface area (Å²) < 4.78 is 18.3. The average molecular weight is 344 g/mol. The molecule has 0 aromatic heterocycles. The van der Waals surface area contributed by atoms with E-state index in [1.165, 1.54) is 13.2 Å². The SMILES string of the molecule is COC(=O)CN(CC(=O)Nc1ccc(C)c(F)c1)Cc1ccccc1. The quantitative estimate of drug-likeness (QED) is 0.785. The maximum atomic E-state index is 13.6. The zero-order valence-corrected chi connectivity index (χ0v) is 14.3. The first kappa shape index (κ1) is 18.6. The molecular formula is C19H21FN2O3. The van der Waals surface area contributed by atoms with Crippen molar-refractivity contribution in [3.8, 4) is 0 Å². The van der Waals surface area contributed by atoms with E-state index in [4.69, 9.17) is 0 Å². The van der Waals surface area contributed by atoms with Crippen LogP contribution in [0.25, 0.3) is 0 Å². The Labute approximate surface area is 146 Å². The Hall–Kier alpha value is -2.73. The van der Waals surface area contributed by atoms with E-state index in [1.807, 2.05) is 30.3 Å². The number of nitrogens with zero attached hydrogens (tertiary/aromatic N) is 1. The van der Waals surface area contributed by atoms with E-state index in [2.05, 4.69) is 10.1 Å². The van der Waals surface area contributed by atoms with Gasteiger partial charge in [0.25, 0.3) is 0 Å². The lowest BCUT2D eigenvalue weighted by atomic mass is 10.2. The van der Waals surface area contributed by atoms with Gasteiger partial charge < -0.3 is 10.1 Å². The first-order valence-electron chi connectivity index (χ1n) is 7.87. The third-order valence-corrected chi connectivity index (χ3v) is 3.65. The van der Waals surface area contributed by atoms with Crippen LogP contribution in [-0.2, 0) is 20.9 Å². The minimum absolute atomic E-state index is 0.0128. The molecular weight excluding hydrogens is 323 g/mol. The molecule has 2 aromatic rings. The molecule has 5 nitrogen and oxygen atoms in total. The maximum absolute atomic E-state index is 13.6. The standard InChI is InChI=1S/C19H21FN2O3/c1-14-8-9-16(10-17(14)20)21-18(23)12-22(13-19(24)25-2)11-15-6-4-3-5-7-15/h3-10H,11-13H2,1-2H3,(H,21,23). The van der Waals surface area contributed by atoms with Gasteiger partial charge >= 0.3 is 5.97 Å². The lowest BCUT2D eigenvalue weighted by Gasteiger charge is -2.20. The fourth-order valence-electron chi connectivity index (χ4n) is 2.33. The third kappa shape index (κ3) is 6.00. The molecule has 0 fully saturated rings. The maximum Gasteiger partial charge on any atom is 0.319 e. The monoisotopic (exact) mass is 344 g/mol. The molecule has 0 aliphatic carbocycles. The number of halogens is 1. The van der Waals surface area contributed by atoms with Gasteiger partial charge in [-0.15, -0.1) is 0 Å². The molecule has 2 rings (SSSR count). The second-order valence-corrected chi connectivity index (χ2v) is 5.72. The molecule has 0 atom stereocenters. The van der Waals surface area contributed by atoms with Crippen LogP contribution in [0.1, 0.15) is 11.1 Å². The first-order chi connectivity index (χ1) is 12.0. The van der Waals surface area contributed by atoms with Crippen molar-refractivity contribution < 1.29 is 18.7 Å². The minimum atomic E-state index is -0.426. The van der Waals surface area contributed by atoms with Crippen LogP contribution in [0.2, 0.25) is 0 Å². The zero-order chi connectivity index (χ0) is 18.2. The molecule has 132 valence electrons. The number of carbonyl (C=O) groups is 2. The van der Waals surface area contributed by atoms with E-state index in [0.29, 0.717) is 17.8 Å². The van der Waals surface area contributed by atoms with Gasteiger partial charge in [0.15, 0.2) is 0 Å². The highest BCUT2D eigenvalue weighted by molar-refractivity contribution is 5.92. The second-order valence-electron chi connectivity index (χ2n) is 5.72. The molecule has 0 spiro atoms. The number of aryl methyl sites for hydroxylation is 1. The summed E-state index contributed by atoms with van der Waals surface area (Å²) in [4.78, 5) is 25.5. The third-order valence-electron chi connectivity index (χ3n) is 3.65.